The largest absolute Gasteiger partial charge is 0.508 e. The van der Waals surface area contributed by atoms with E-state index in [0.29, 0.717) is 29.5 Å². The first-order valence-corrected chi connectivity index (χ1v) is 22.7. The third-order valence-electron chi connectivity index (χ3n) is 18.5. The lowest BCUT2D eigenvalue weighted by Gasteiger charge is -2.75. The van der Waals surface area contributed by atoms with Crippen LogP contribution in [0.5, 0.6) is 17.2 Å². The van der Waals surface area contributed by atoms with E-state index in [-0.39, 0.29) is 39.4 Å². The Morgan fingerprint density at radius 1 is 0.879 bits per heavy atom. The molecular formula is C51H68N2O5. The van der Waals surface area contributed by atoms with Crippen LogP contribution in [0, 0.1) is 28.6 Å². The fraction of sp³-hybridized carbons (Fsp3) is 0.647. The first-order chi connectivity index (χ1) is 27.6. The minimum atomic E-state index is -0.909. The van der Waals surface area contributed by atoms with Crippen molar-refractivity contribution in [3.63, 3.8) is 0 Å². The van der Waals surface area contributed by atoms with Crippen LogP contribution in [-0.2, 0) is 34.8 Å². The number of hydrogen-bond acceptors (Lipinski definition) is 7. The van der Waals surface area contributed by atoms with E-state index in [9.17, 15) is 15.3 Å². The second kappa shape index (κ2) is 13.2. The number of benzene rings is 3. The summed E-state index contributed by atoms with van der Waals surface area (Å²) in [5, 5.41) is 33.1. The number of piperidine rings is 2. The predicted molar refractivity (Wildman–Crippen MR) is 229 cm³/mol. The van der Waals surface area contributed by atoms with E-state index < -0.39 is 11.2 Å². The molecule has 312 valence electrons. The van der Waals surface area contributed by atoms with Crippen molar-refractivity contribution < 1.29 is 24.8 Å². The zero-order valence-electron chi connectivity index (χ0n) is 36.2. The van der Waals surface area contributed by atoms with Crippen LogP contribution in [0.1, 0.15) is 114 Å². The summed E-state index contributed by atoms with van der Waals surface area (Å²) in [7, 11) is 1.83. The molecular weight excluding hydrogens is 721 g/mol. The van der Waals surface area contributed by atoms with E-state index in [4.69, 9.17) is 9.47 Å². The molecule has 4 saturated carbocycles. The average molecular weight is 789 g/mol. The molecule has 7 heteroatoms. The SMILES string of the molecule is CO[C@]12CC[C@@]3(C[C@@H]1[C@](C)(O)C(C)(C)C)[C@H]1Cc4ccc(O)c5c4[C@@]3(CCN1CC1CC1)[C@H]2O5.C[C@H]1[C@H]2Cc3ccc(O)cc3[C@]1(C)CCN2CCc1ccccc1. The van der Waals surface area contributed by atoms with Gasteiger partial charge in [-0.3, -0.25) is 9.80 Å². The Kier molecular flexibility index (Phi) is 8.89. The third kappa shape index (κ3) is 5.30. The Labute approximate surface area is 347 Å². The summed E-state index contributed by atoms with van der Waals surface area (Å²) in [5.74, 6) is 2.83. The van der Waals surface area contributed by atoms with Gasteiger partial charge in [-0.15, -0.1) is 0 Å². The molecule has 7 nitrogen and oxygen atoms in total. The topological polar surface area (TPSA) is 85.6 Å². The molecule has 3 N–H and O–H groups in total. The molecule has 58 heavy (non-hydrogen) atoms. The van der Waals surface area contributed by atoms with Crippen molar-refractivity contribution in [2.24, 2.45) is 28.6 Å². The quantitative estimate of drug-likeness (QED) is 0.221. The highest BCUT2D eigenvalue weighted by atomic mass is 16.6. The van der Waals surface area contributed by atoms with Crippen LogP contribution in [0.3, 0.4) is 0 Å². The number of phenolic OH excluding ortho intramolecular Hbond substituents is 2. The lowest BCUT2D eigenvalue weighted by molar-refractivity contribution is -0.312. The summed E-state index contributed by atoms with van der Waals surface area (Å²) in [4.78, 5) is 5.52. The average Bonchev–Trinajstić information content (AvgIpc) is 3.95. The molecule has 12 rings (SSSR count). The number of fused-ring (bicyclic) bond motifs is 6. The molecule has 0 unspecified atom stereocenters. The van der Waals surface area contributed by atoms with Crippen LogP contribution >= 0.6 is 0 Å². The van der Waals surface area contributed by atoms with Gasteiger partial charge < -0.3 is 24.8 Å². The number of phenols is 2. The van der Waals surface area contributed by atoms with Crippen molar-refractivity contribution in [2.75, 3.05) is 33.3 Å². The maximum Gasteiger partial charge on any atom is 0.165 e. The van der Waals surface area contributed by atoms with Crippen LogP contribution in [0.15, 0.2) is 60.7 Å². The van der Waals surface area contributed by atoms with Gasteiger partial charge in [-0.2, -0.15) is 0 Å². The summed E-state index contributed by atoms with van der Waals surface area (Å²) < 4.78 is 13.5. The Balaban J connectivity index is 0.000000150. The van der Waals surface area contributed by atoms with Gasteiger partial charge in [0.2, 0.25) is 0 Å². The van der Waals surface area contributed by atoms with Gasteiger partial charge in [0.1, 0.15) is 17.5 Å². The molecule has 2 spiro atoms. The van der Waals surface area contributed by atoms with Gasteiger partial charge in [0.25, 0.3) is 0 Å². The molecule has 3 heterocycles. The van der Waals surface area contributed by atoms with Crippen molar-refractivity contribution in [3.05, 3.63) is 88.5 Å². The van der Waals surface area contributed by atoms with E-state index in [2.05, 4.69) is 86.9 Å². The number of aliphatic hydroxyl groups is 1. The van der Waals surface area contributed by atoms with Crippen molar-refractivity contribution in [2.45, 2.75) is 146 Å². The van der Waals surface area contributed by atoms with Crippen LogP contribution in [-0.4, -0.2) is 87.8 Å². The monoisotopic (exact) mass is 789 g/mol. The normalized spacial score (nSPS) is 37.8. The Bertz CT molecular complexity index is 2070. The molecule has 0 amide bonds. The Hall–Kier alpha value is -3.10. The molecule has 3 aromatic carbocycles. The Morgan fingerprint density at radius 2 is 1.62 bits per heavy atom. The summed E-state index contributed by atoms with van der Waals surface area (Å²) >= 11 is 0. The lowest BCUT2D eigenvalue weighted by Crippen LogP contribution is -2.83. The molecule has 6 fully saturated rings. The summed E-state index contributed by atoms with van der Waals surface area (Å²) in [6.45, 7) is 17.9. The fourth-order valence-corrected chi connectivity index (χ4v) is 14.5. The molecule has 2 saturated heterocycles. The van der Waals surface area contributed by atoms with Gasteiger partial charge in [-0.25, -0.2) is 0 Å². The number of nitrogens with zero attached hydrogens (tertiary/aromatic N) is 2. The predicted octanol–water partition coefficient (Wildman–Crippen LogP) is 8.57. The van der Waals surface area contributed by atoms with Gasteiger partial charge in [-0.1, -0.05) is 77.1 Å². The molecule has 9 aliphatic rings. The highest BCUT2D eigenvalue weighted by Gasteiger charge is 2.82. The number of ether oxygens (including phenoxy) is 2. The third-order valence-corrected chi connectivity index (χ3v) is 18.5. The maximum absolute atomic E-state index is 12.2. The van der Waals surface area contributed by atoms with Crippen molar-refractivity contribution >= 4 is 0 Å². The minimum absolute atomic E-state index is 0.0294. The molecule has 6 bridgehead atoms. The van der Waals surface area contributed by atoms with Gasteiger partial charge >= 0.3 is 0 Å². The Morgan fingerprint density at radius 3 is 2.34 bits per heavy atom. The summed E-state index contributed by atoms with van der Waals surface area (Å²) in [6, 6.07) is 21.9. The number of hydrogen-bond donors (Lipinski definition) is 3. The second-order valence-corrected chi connectivity index (χ2v) is 21.6. The lowest BCUT2D eigenvalue weighted by atomic mass is 9.33. The molecule has 0 radical (unpaired) electrons. The van der Waals surface area contributed by atoms with Crippen LogP contribution in [0.4, 0.5) is 0 Å². The van der Waals surface area contributed by atoms with E-state index >= 15 is 0 Å². The molecule has 3 aromatic rings. The first-order valence-electron chi connectivity index (χ1n) is 22.7. The van der Waals surface area contributed by atoms with E-state index in [1.54, 1.807) is 0 Å². The van der Waals surface area contributed by atoms with Crippen molar-refractivity contribution in [1.29, 1.82) is 0 Å². The van der Waals surface area contributed by atoms with Crippen LogP contribution in [0.2, 0.25) is 0 Å². The van der Waals surface area contributed by atoms with Crippen LogP contribution < -0.4 is 4.74 Å². The highest BCUT2D eigenvalue weighted by molar-refractivity contribution is 5.63. The van der Waals surface area contributed by atoms with E-state index in [0.717, 1.165) is 70.5 Å². The molecule has 6 aliphatic carbocycles. The van der Waals surface area contributed by atoms with E-state index in [1.807, 2.05) is 32.2 Å². The first kappa shape index (κ1) is 39.1. The molecule has 3 aliphatic heterocycles. The molecule has 10 atom stereocenters. The maximum atomic E-state index is 12.2. The molecule has 0 aromatic heterocycles. The summed E-state index contributed by atoms with van der Waals surface area (Å²) in [6.07, 6.45) is 11.1. The van der Waals surface area contributed by atoms with Gasteiger partial charge in [0.05, 0.1) is 5.60 Å². The van der Waals surface area contributed by atoms with E-state index in [1.165, 1.54) is 53.6 Å². The van der Waals surface area contributed by atoms with Crippen molar-refractivity contribution in [3.8, 4) is 17.2 Å². The van der Waals surface area contributed by atoms with Gasteiger partial charge in [0, 0.05) is 54.6 Å². The zero-order chi connectivity index (χ0) is 40.6. The van der Waals surface area contributed by atoms with Crippen molar-refractivity contribution in [1.82, 2.24) is 9.80 Å². The standard InChI is InChI=1S/C29H41NO4.C22H27NO/c1-25(2,3)26(4,32)20-15-27-10-11-29(20,33-5)24-28(27)12-13-30(16-17-6-7-17)21(27)14-18-8-9-19(31)23(34-24)22(18)28;1-16-21-14-18-8-9-19(24)15-20(18)22(16,2)11-13-23(21)12-10-17-6-4-3-5-7-17/h8-9,17,20-21,24,31-32H,6-7,10-16H2,1-5H3;3-9,15-16,21,24H,10-14H2,1-2H3/t20-,21-,24-,26+,27-,28+,29-;16-,21+,22+/m10/s1. The second-order valence-electron chi connectivity index (χ2n) is 21.6. The van der Waals surface area contributed by atoms with Gasteiger partial charge in [-0.05, 0) is 147 Å². The fourth-order valence-electron chi connectivity index (χ4n) is 14.5. The van der Waals surface area contributed by atoms with Crippen LogP contribution in [0.25, 0.3) is 0 Å². The minimum Gasteiger partial charge on any atom is -0.508 e. The summed E-state index contributed by atoms with van der Waals surface area (Å²) in [5.41, 5.74) is 5.22. The number of likely N-dealkylation sites (tertiary alicyclic amines) is 2. The zero-order valence-corrected chi connectivity index (χ0v) is 36.2. The number of methoxy groups -OCH3 is 1. The number of rotatable bonds is 7. The number of aromatic hydroxyl groups is 2. The highest BCUT2D eigenvalue weighted by Crippen LogP contribution is 2.78. The van der Waals surface area contributed by atoms with Gasteiger partial charge in [0.15, 0.2) is 11.5 Å². The smallest absolute Gasteiger partial charge is 0.165 e.